The minimum atomic E-state index is -0.655. The number of esters is 1. The SMILES string of the molecule is CCOC(=O)COn1c(=O)c[n+]([O-])c2ccccc21. The summed E-state index contributed by atoms with van der Waals surface area (Å²) in [6.45, 7) is 1.50. The molecule has 0 aliphatic heterocycles. The van der Waals surface area contributed by atoms with Crippen molar-refractivity contribution in [3.05, 3.63) is 46.0 Å². The predicted molar refractivity (Wildman–Crippen MR) is 65.2 cm³/mol. The van der Waals surface area contributed by atoms with Gasteiger partial charge in [0, 0.05) is 6.07 Å². The average molecular weight is 264 g/mol. The van der Waals surface area contributed by atoms with Gasteiger partial charge in [-0.2, -0.15) is 4.73 Å². The van der Waals surface area contributed by atoms with Crippen molar-refractivity contribution in [1.82, 2.24) is 4.73 Å². The molecule has 19 heavy (non-hydrogen) atoms. The van der Waals surface area contributed by atoms with E-state index in [2.05, 4.69) is 0 Å². The topological polar surface area (TPSA) is 84.5 Å². The molecule has 0 aliphatic carbocycles. The number of hydrogen-bond acceptors (Lipinski definition) is 5. The summed E-state index contributed by atoms with van der Waals surface area (Å²) in [4.78, 5) is 28.0. The van der Waals surface area contributed by atoms with Gasteiger partial charge in [-0.3, -0.25) is 4.79 Å². The van der Waals surface area contributed by atoms with Gasteiger partial charge in [-0.1, -0.05) is 12.1 Å². The number of carbonyl (C=O) groups is 1. The Labute approximate surface area is 108 Å². The van der Waals surface area contributed by atoms with Gasteiger partial charge < -0.3 is 14.8 Å². The second kappa shape index (κ2) is 5.38. The Bertz CT molecular complexity index is 665. The zero-order valence-corrected chi connectivity index (χ0v) is 10.2. The summed E-state index contributed by atoms with van der Waals surface area (Å²) in [5, 5.41) is 11.5. The molecule has 0 amide bonds. The molecule has 0 saturated carbocycles. The van der Waals surface area contributed by atoms with Crippen LogP contribution in [-0.2, 0) is 9.53 Å². The van der Waals surface area contributed by atoms with Crippen molar-refractivity contribution in [2.75, 3.05) is 13.2 Å². The number of para-hydroxylation sites is 2. The molecule has 2 aromatic rings. The lowest BCUT2D eigenvalue weighted by molar-refractivity contribution is -0.578. The Hall–Kier alpha value is -2.57. The van der Waals surface area contributed by atoms with Crippen LogP contribution in [0, 0.1) is 5.21 Å². The minimum Gasteiger partial charge on any atom is -0.618 e. The summed E-state index contributed by atoms with van der Waals surface area (Å²) < 4.78 is 6.06. The number of rotatable bonds is 4. The van der Waals surface area contributed by atoms with E-state index in [0.29, 0.717) is 4.73 Å². The van der Waals surface area contributed by atoms with Crippen molar-refractivity contribution in [2.24, 2.45) is 0 Å². The maximum Gasteiger partial charge on any atom is 0.349 e. The van der Waals surface area contributed by atoms with Gasteiger partial charge in [0.2, 0.25) is 18.3 Å². The first kappa shape index (κ1) is 12.9. The van der Waals surface area contributed by atoms with E-state index in [1.807, 2.05) is 0 Å². The van der Waals surface area contributed by atoms with Gasteiger partial charge in [-0.15, -0.1) is 4.73 Å². The number of ether oxygens (including phenoxy) is 1. The van der Waals surface area contributed by atoms with Crippen LogP contribution in [0.5, 0.6) is 0 Å². The molecule has 1 aromatic carbocycles. The molecular formula is C12H12N2O5. The first-order valence-corrected chi connectivity index (χ1v) is 5.66. The highest BCUT2D eigenvalue weighted by Gasteiger charge is 2.13. The second-order valence-electron chi connectivity index (χ2n) is 3.65. The molecule has 7 heteroatoms. The molecular weight excluding hydrogens is 252 g/mol. The van der Waals surface area contributed by atoms with Crippen LogP contribution in [0.25, 0.3) is 11.0 Å². The molecule has 7 nitrogen and oxygen atoms in total. The first-order chi connectivity index (χ1) is 9.13. The van der Waals surface area contributed by atoms with Crippen LogP contribution in [0.2, 0.25) is 0 Å². The second-order valence-corrected chi connectivity index (χ2v) is 3.65. The van der Waals surface area contributed by atoms with Gasteiger partial charge >= 0.3 is 11.5 Å². The lowest BCUT2D eigenvalue weighted by Crippen LogP contribution is -2.40. The van der Waals surface area contributed by atoms with E-state index >= 15 is 0 Å². The third-order valence-electron chi connectivity index (χ3n) is 2.38. The highest BCUT2D eigenvalue weighted by Crippen LogP contribution is 2.05. The third-order valence-corrected chi connectivity index (χ3v) is 2.38. The summed E-state index contributed by atoms with van der Waals surface area (Å²) in [6.07, 6.45) is 0.841. The lowest BCUT2D eigenvalue weighted by atomic mass is 10.3. The van der Waals surface area contributed by atoms with E-state index in [0.717, 1.165) is 10.9 Å². The van der Waals surface area contributed by atoms with Crippen molar-refractivity contribution in [1.29, 1.82) is 0 Å². The van der Waals surface area contributed by atoms with Crippen LogP contribution in [0.3, 0.4) is 0 Å². The van der Waals surface area contributed by atoms with E-state index in [9.17, 15) is 14.8 Å². The number of carbonyl (C=O) groups excluding carboxylic acids is 1. The van der Waals surface area contributed by atoms with Crippen molar-refractivity contribution in [2.45, 2.75) is 6.92 Å². The first-order valence-electron chi connectivity index (χ1n) is 5.66. The molecule has 0 atom stereocenters. The normalized spacial score (nSPS) is 10.4. The number of fused-ring (bicyclic) bond motifs is 1. The molecule has 0 aliphatic rings. The van der Waals surface area contributed by atoms with E-state index in [1.165, 1.54) is 0 Å². The average Bonchev–Trinajstić information content (AvgIpc) is 2.39. The fourth-order valence-electron chi connectivity index (χ4n) is 1.62. The minimum absolute atomic E-state index is 0.229. The van der Waals surface area contributed by atoms with Crippen LogP contribution < -0.4 is 15.1 Å². The maximum absolute atomic E-state index is 11.7. The van der Waals surface area contributed by atoms with Crippen molar-refractivity contribution in [3.8, 4) is 0 Å². The summed E-state index contributed by atoms with van der Waals surface area (Å²) in [5.74, 6) is -0.586. The summed E-state index contributed by atoms with van der Waals surface area (Å²) >= 11 is 0. The van der Waals surface area contributed by atoms with Gasteiger partial charge in [0.1, 0.15) is 0 Å². The molecule has 1 aromatic heterocycles. The van der Waals surface area contributed by atoms with E-state index < -0.39 is 18.1 Å². The molecule has 1 heterocycles. The number of hydrogen-bond donors (Lipinski definition) is 0. The number of aromatic nitrogens is 2. The molecule has 0 saturated heterocycles. The Kier molecular flexibility index (Phi) is 3.65. The van der Waals surface area contributed by atoms with Crippen LogP contribution in [0.4, 0.5) is 0 Å². The van der Waals surface area contributed by atoms with Crippen LogP contribution in [0.1, 0.15) is 6.92 Å². The Morgan fingerprint density at radius 1 is 1.42 bits per heavy atom. The lowest BCUT2D eigenvalue weighted by Gasteiger charge is -2.10. The zero-order valence-electron chi connectivity index (χ0n) is 10.2. The monoisotopic (exact) mass is 264 g/mol. The van der Waals surface area contributed by atoms with Crippen LogP contribution in [-0.4, -0.2) is 23.9 Å². The fraction of sp³-hybridized carbons (Fsp3) is 0.250. The zero-order chi connectivity index (χ0) is 13.8. The molecule has 0 spiro atoms. The molecule has 0 bridgehead atoms. The van der Waals surface area contributed by atoms with Crippen LogP contribution in [0.15, 0.2) is 35.3 Å². The van der Waals surface area contributed by atoms with Gasteiger partial charge in [-0.05, 0) is 13.0 Å². The number of nitrogens with zero attached hydrogens (tertiary/aromatic N) is 2. The van der Waals surface area contributed by atoms with E-state index in [4.69, 9.17) is 9.57 Å². The van der Waals surface area contributed by atoms with Gasteiger partial charge in [0.05, 0.1) is 6.61 Å². The molecule has 0 radical (unpaired) electrons. The Morgan fingerprint density at radius 2 is 2.16 bits per heavy atom. The smallest absolute Gasteiger partial charge is 0.349 e. The van der Waals surface area contributed by atoms with E-state index in [-0.39, 0.29) is 17.6 Å². The van der Waals surface area contributed by atoms with Crippen molar-refractivity contribution >= 4 is 17.0 Å². The van der Waals surface area contributed by atoms with Crippen molar-refractivity contribution in [3.63, 3.8) is 0 Å². The van der Waals surface area contributed by atoms with Gasteiger partial charge in [0.15, 0.2) is 5.52 Å². The summed E-state index contributed by atoms with van der Waals surface area (Å²) in [6, 6.07) is 6.42. The van der Waals surface area contributed by atoms with Gasteiger partial charge in [-0.25, -0.2) is 4.79 Å². The highest BCUT2D eigenvalue weighted by atomic mass is 16.7. The molecule has 2 rings (SSSR count). The summed E-state index contributed by atoms with van der Waals surface area (Å²) in [5.41, 5.74) is -0.0988. The predicted octanol–water partition coefficient (Wildman–Crippen LogP) is -0.373. The van der Waals surface area contributed by atoms with E-state index in [1.54, 1.807) is 31.2 Å². The quantitative estimate of drug-likeness (QED) is 0.427. The van der Waals surface area contributed by atoms with Crippen LogP contribution >= 0.6 is 0 Å². The summed E-state index contributed by atoms with van der Waals surface area (Å²) in [7, 11) is 0. The maximum atomic E-state index is 11.7. The molecule has 0 N–H and O–H groups in total. The van der Waals surface area contributed by atoms with Crippen molar-refractivity contribution < 1.29 is 19.1 Å². The van der Waals surface area contributed by atoms with Gasteiger partial charge in [0.25, 0.3) is 0 Å². The fourth-order valence-corrected chi connectivity index (χ4v) is 1.62. The Morgan fingerprint density at radius 3 is 2.89 bits per heavy atom. The standard InChI is InChI=1S/C12H12N2O5/c1-2-18-12(16)8-19-14-10-6-4-3-5-9(10)13(17)7-11(14)15/h3-7H,2,8H2,1H3. The molecule has 0 unspecified atom stereocenters. The largest absolute Gasteiger partial charge is 0.618 e. The number of benzene rings is 1. The molecule has 0 fully saturated rings. The highest BCUT2D eigenvalue weighted by molar-refractivity contribution is 5.72. The third kappa shape index (κ3) is 2.65. The molecule has 100 valence electrons. The Balaban J connectivity index is 2.37.